The van der Waals surface area contributed by atoms with Gasteiger partial charge < -0.3 is 5.32 Å². The molecule has 1 heterocycles. The highest BCUT2D eigenvalue weighted by Crippen LogP contribution is 2.19. The molecular formula is C11H20N4O2S. The van der Waals surface area contributed by atoms with E-state index in [0.717, 1.165) is 18.4 Å². The van der Waals surface area contributed by atoms with Crippen molar-refractivity contribution in [2.24, 2.45) is 0 Å². The molecule has 1 aliphatic rings. The number of aromatic amines is 1. The van der Waals surface area contributed by atoms with Crippen molar-refractivity contribution < 1.29 is 8.42 Å². The van der Waals surface area contributed by atoms with Gasteiger partial charge in [-0.2, -0.15) is 5.10 Å². The van der Waals surface area contributed by atoms with Crippen molar-refractivity contribution in [1.82, 2.24) is 20.2 Å². The SMILES string of the molecule is CC(NS(=O)(=O)C(C)CNC1CC1)c1cn[nH]c1. The highest BCUT2D eigenvalue weighted by atomic mass is 32.2. The van der Waals surface area contributed by atoms with E-state index in [2.05, 4.69) is 20.2 Å². The zero-order valence-electron chi connectivity index (χ0n) is 10.7. The first-order valence-electron chi connectivity index (χ1n) is 6.22. The Balaban J connectivity index is 1.88. The van der Waals surface area contributed by atoms with Gasteiger partial charge in [-0.15, -0.1) is 0 Å². The average molecular weight is 272 g/mol. The lowest BCUT2D eigenvalue weighted by Crippen LogP contribution is -2.40. The molecule has 0 amide bonds. The number of rotatable bonds is 7. The summed E-state index contributed by atoms with van der Waals surface area (Å²) in [6.07, 6.45) is 5.64. The molecule has 2 rings (SSSR count). The van der Waals surface area contributed by atoms with Gasteiger partial charge in [0.25, 0.3) is 0 Å². The molecule has 0 saturated heterocycles. The lowest BCUT2D eigenvalue weighted by atomic mass is 10.2. The van der Waals surface area contributed by atoms with Gasteiger partial charge in [0.1, 0.15) is 0 Å². The van der Waals surface area contributed by atoms with E-state index >= 15 is 0 Å². The Morgan fingerprint density at radius 3 is 2.78 bits per heavy atom. The lowest BCUT2D eigenvalue weighted by molar-refractivity contribution is 0.544. The molecule has 2 atom stereocenters. The third-order valence-electron chi connectivity index (χ3n) is 3.16. The zero-order valence-corrected chi connectivity index (χ0v) is 11.5. The molecule has 102 valence electrons. The Morgan fingerprint density at radius 1 is 1.50 bits per heavy atom. The topological polar surface area (TPSA) is 86.9 Å². The number of hydrogen-bond donors (Lipinski definition) is 3. The molecule has 0 bridgehead atoms. The van der Waals surface area contributed by atoms with Gasteiger partial charge in [0, 0.05) is 30.4 Å². The number of nitrogens with zero attached hydrogens (tertiary/aromatic N) is 1. The summed E-state index contributed by atoms with van der Waals surface area (Å²) in [6.45, 7) is 4.03. The number of sulfonamides is 1. The third-order valence-corrected chi connectivity index (χ3v) is 5.07. The second-order valence-electron chi connectivity index (χ2n) is 4.91. The van der Waals surface area contributed by atoms with Crippen LogP contribution in [0.5, 0.6) is 0 Å². The van der Waals surface area contributed by atoms with Crippen molar-refractivity contribution in [3.63, 3.8) is 0 Å². The van der Waals surface area contributed by atoms with Gasteiger partial charge >= 0.3 is 0 Å². The molecule has 6 nitrogen and oxygen atoms in total. The van der Waals surface area contributed by atoms with Crippen molar-refractivity contribution in [3.8, 4) is 0 Å². The summed E-state index contributed by atoms with van der Waals surface area (Å²) in [5.74, 6) is 0. The molecule has 1 fully saturated rings. The van der Waals surface area contributed by atoms with Crippen LogP contribution in [0.15, 0.2) is 12.4 Å². The Labute approximate surface area is 108 Å². The minimum Gasteiger partial charge on any atom is -0.313 e. The minimum atomic E-state index is -3.31. The van der Waals surface area contributed by atoms with E-state index in [9.17, 15) is 8.42 Å². The molecule has 1 aliphatic carbocycles. The van der Waals surface area contributed by atoms with Gasteiger partial charge in [-0.25, -0.2) is 13.1 Å². The zero-order chi connectivity index (χ0) is 13.2. The van der Waals surface area contributed by atoms with Crippen molar-refractivity contribution >= 4 is 10.0 Å². The largest absolute Gasteiger partial charge is 0.313 e. The van der Waals surface area contributed by atoms with Gasteiger partial charge in [-0.05, 0) is 26.7 Å². The maximum absolute atomic E-state index is 12.1. The quantitative estimate of drug-likeness (QED) is 0.676. The molecule has 1 aromatic rings. The highest BCUT2D eigenvalue weighted by Gasteiger charge is 2.27. The van der Waals surface area contributed by atoms with Crippen molar-refractivity contribution in [2.75, 3.05) is 6.54 Å². The maximum atomic E-state index is 12.1. The fourth-order valence-corrected chi connectivity index (χ4v) is 2.83. The third kappa shape index (κ3) is 3.54. The van der Waals surface area contributed by atoms with Gasteiger partial charge in [-0.1, -0.05) is 0 Å². The van der Waals surface area contributed by atoms with Crippen LogP contribution in [0.4, 0.5) is 0 Å². The fraction of sp³-hybridized carbons (Fsp3) is 0.727. The second-order valence-corrected chi connectivity index (χ2v) is 7.04. The molecule has 1 aromatic heterocycles. The van der Waals surface area contributed by atoms with Gasteiger partial charge in [0.2, 0.25) is 10.0 Å². The van der Waals surface area contributed by atoms with E-state index in [-0.39, 0.29) is 6.04 Å². The van der Waals surface area contributed by atoms with E-state index < -0.39 is 15.3 Å². The summed E-state index contributed by atoms with van der Waals surface area (Å²) in [5.41, 5.74) is 0.834. The summed E-state index contributed by atoms with van der Waals surface area (Å²) in [6, 6.07) is 0.256. The molecule has 0 aromatic carbocycles. The van der Waals surface area contributed by atoms with E-state index in [1.165, 1.54) is 0 Å². The molecule has 0 radical (unpaired) electrons. The van der Waals surface area contributed by atoms with E-state index in [1.807, 2.05) is 6.92 Å². The van der Waals surface area contributed by atoms with Crippen LogP contribution >= 0.6 is 0 Å². The predicted molar refractivity (Wildman–Crippen MR) is 69.5 cm³/mol. The van der Waals surface area contributed by atoms with Gasteiger partial charge in [-0.3, -0.25) is 5.10 Å². The number of hydrogen-bond acceptors (Lipinski definition) is 4. The van der Waals surface area contributed by atoms with Crippen LogP contribution < -0.4 is 10.0 Å². The van der Waals surface area contributed by atoms with Crippen LogP contribution in [-0.2, 0) is 10.0 Å². The smallest absolute Gasteiger partial charge is 0.216 e. The Hall–Kier alpha value is -0.920. The van der Waals surface area contributed by atoms with Crippen LogP contribution in [0.3, 0.4) is 0 Å². The summed E-state index contributed by atoms with van der Waals surface area (Å²) >= 11 is 0. The van der Waals surface area contributed by atoms with Gasteiger partial charge in [0.05, 0.1) is 11.4 Å². The molecule has 0 spiro atoms. The molecule has 2 unspecified atom stereocenters. The van der Waals surface area contributed by atoms with E-state index in [0.29, 0.717) is 12.6 Å². The van der Waals surface area contributed by atoms with Crippen molar-refractivity contribution in [1.29, 1.82) is 0 Å². The molecule has 1 saturated carbocycles. The molecule has 18 heavy (non-hydrogen) atoms. The van der Waals surface area contributed by atoms with E-state index in [1.54, 1.807) is 19.3 Å². The van der Waals surface area contributed by atoms with E-state index in [4.69, 9.17) is 0 Å². The standard InChI is InChI=1S/C11H20N4O2S/c1-8(5-12-11-3-4-11)18(16,17)15-9(2)10-6-13-14-7-10/h6-9,11-12,15H,3-5H2,1-2H3,(H,13,14). The molecular weight excluding hydrogens is 252 g/mol. The second kappa shape index (κ2) is 5.38. The van der Waals surface area contributed by atoms with Gasteiger partial charge in [0.15, 0.2) is 0 Å². The highest BCUT2D eigenvalue weighted by molar-refractivity contribution is 7.90. The summed E-state index contributed by atoms with van der Waals surface area (Å²) < 4.78 is 26.8. The van der Waals surface area contributed by atoms with Crippen molar-refractivity contribution in [2.45, 2.75) is 44.0 Å². The number of aromatic nitrogens is 2. The monoisotopic (exact) mass is 272 g/mol. The lowest BCUT2D eigenvalue weighted by Gasteiger charge is -2.18. The first kappa shape index (κ1) is 13.5. The normalized spacial score (nSPS) is 19.7. The van der Waals surface area contributed by atoms with Crippen LogP contribution in [-0.4, -0.2) is 36.5 Å². The molecule has 7 heteroatoms. The molecule has 3 N–H and O–H groups in total. The summed E-state index contributed by atoms with van der Waals surface area (Å²) in [7, 11) is -3.31. The first-order chi connectivity index (χ1) is 8.49. The fourth-order valence-electron chi connectivity index (χ4n) is 1.66. The maximum Gasteiger partial charge on any atom is 0.216 e. The minimum absolute atomic E-state index is 0.267. The summed E-state index contributed by atoms with van der Waals surface area (Å²) in [4.78, 5) is 0. The number of nitrogens with one attached hydrogen (secondary N) is 3. The number of H-pyrrole nitrogens is 1. The van der Waals surface area contributed by atoms with Crippen LogP contribution in [0.2, 0.25) is 0 Å². The Morgan fingerprint density at radius 2 is 2.22 bits per heavy atom. The van der Waals surface area contributed by atoms with Crippen LogP contribution in [0.1, 0.15) is 38.3 Å². The van der Waals surface area contributed by atoms with Crippen LogP contribution in [0.25, 0.3) is 0 Å². The van der Waals surface area contributed by atoms with Crippen LogP contribution in [0, 0.1) is 0 Å². The Bertz CT molecular complexity index is 467. The average Bonchev–Trinajstić information content (AvgIpc) is 2.96. The summed E-state index contributed by atoms with van der Waals surface area (Å²) in [5, 5.41) is 9.29. The first-order valence-corrected chi connectivity index (χ1v) is 7.77. The predicted octanol–water partition coefficient (Wildman–Crippen LogP) is 0.531. The molecule has 0 aliphatic heterocycles. The van der Waals surface area contributed by atoms with Crippen molar-refractivity contribution in [3.05, 3.63) is 18.0 Å². The Kier molecular flexibility index (Phi) is 4.04.